The van der Waals surface area contributed by atoms with Crippen LogP contribution in [0.2, 0.25) is 0 Å². The molecule has 2 aromatic rings. The van der Waals surface area contributed by atoms with E-state index in [0.29, 0.717) is 0 Å². The topological polar surface area (TPSA) is 0 Å². The number of hydrogen-bond donors (Lipinski definition) is 0. The number of aryl methyl sites for hydroxylation is 1. The van der Waals surface area contributed by atoms with Crippen LogP contribution in [-0.4, -0.2) is 0 Å². The van der Waals surface area contributed by atoms with Gasteiger partial charge in [-0.25, -0.2) is 0 Å². The van der Waals surface area contributed by atoms with Gasteiger partial charge in [0.2, 0.25) is 0 Å². The molecule has 0 aromatic heterocycles. The number of hydrogen-bond acceptors (Lipinski definition) is 0. The van der Waals surface area contributed by atoms with Crippen LogP contribution in [0.25, 0.3) is 11.1 Å². The quantitative estimate of drug-likeness (QED) is 0.376. The van der Waals surface area contributed by atoms with Crippen LogP contribution in [0.3, 0.4) is 0 Å². The van der Waals surface area contributed by atoms with Gasteiger partial charge in [-0.2, -0.15) is 0 Å². The zero-order valence-corrected chi connectivity index (χ0v) is 15.6. The van der Waals surface area contributed by atoms with Crippen molar-refractivity contribution in [2.75, 3.05) is 0 Å². The first-order chi connectivity index (χ1) is 10.6. The molecule has 0 N–H and O–H groups in total. The van der Waals surface area contributed by atoms with Gasteiger partial charge in [0.05, 0.1) is 0 Å². The molecule has 0 fully saturated rings. The van der Waals surface area contributed by atoms with Crippen molar-refractivity contribution in [3.63, 3.8) is 0 Å². The molecule has 0 atom stereocenters. The van der Waals surface area contributed by atoms with E-state index in [-0.39, 0.29) is 5.41 Å². The van der Waals surface area contributed by atoms with E-state index >= 15 is 0 Å². The third-order valence-corrected chi connectivity index (χ3v) is 5.35. The minimum atomic E-state index is 0.204. The minimum absolute atomic E-state index is 0.204. The molecular weight excluding hydrogens is 379 g/mol. The maximum atomic E-state index is 2.43. The Hall–Kier alpha value is -1.09. The van der Waals surface area contributed by atoms with Gasteiger partial charge in [0.25, 0.3) is 0 Å². The summed E-state index contributed by atoms with van der Waals surface area (Å²) in [6.07, 6.45) is 9.49. The number of rotatable bonds is 1. The summed E-state index contributed by atoms with van der Waals surface area (Å²) in [5, 5.41) is 0. The lowest BCUT2D eigenvalue weighted by Gasteiger charge is -2.27. The molecule has 1 heteroatoms. The van der Waals surface area contributed by atoms with Gasteiger partial charge in [0.1, 0.15) is 0 Å². The maximum absolute atomic E-state index is 2.43. The Bertz CT molecular complexity index is 678. The summed E-state index contributed by atoms with van der Waals surface area (Å²) in [5.74, 6) is 0. The van der Waals surface area contributed by atoms with E-state index in [0.717, 1.165) is 6.42 Å². The summed E-state index contributed by atoms with van der Waals surface area (Å²) in [4.78, 5) is 0. The zero-order chi connectivity index (χ0) is 15.6. The molecule has 22 heavy (non-hydrogen) atoms. The highest BCUT2D eigenvalue weighted by Crippen LogP contribution is 2.35. The van der Waals surface area contributed by atoms with Gasteiger partial charge >= 0.3 is 0 Å². The molecule has 1 aliphatic carbocycles. The van der Waals surface area contributed by atoms with E-state index in [4.69, 9.17) is 0 Å². The molecule has 0 saturated heterocycles. The molecule has 0 aliphatic heterocycles. The lowest BCUT2D eigenvalue weighted by molar-refractivity contribution is 0.529. The van der Waals surface area contributed by atoms with Crippen molar-refractivity contribution in [3.05, 3.63) is 69.3 Å². The molecule has 0 radical (unpaired) electrons. The fraction of sp³-hybridized carbons (Fsp3) is 0.333. The van der Waals surface area contributed by atoms with E-state index in [1.165, 1.54) is 45.1 Å². The van der Waals surface area contributed by atoms with Crippen LogP contribution < -0.4 is 0 Å². The van der Waals surface area contributed by atoms with Gasteiger partial charge in [-0.3, -0.25) is 0 Å². The van der Waals surface area contributed by atoms with E-state index in [1.807, 2.05) is 0 Å². The van der Waals surface area contributed by atoms with Crippen LogP contribution in [0.1, 0.15) is 44.2 Å². The van der Waals surface area contributed by atoms with Crippen molar-refractivity contribution in [2.45, 2.75) is 44.9 Å². The largest absolute Gasteiger partial charge is 0.0885 e. The maximum Gasteiger partial charge on any atom is 0.0130 e. The number of fused-ring (bicyclic) bond motifs is 1. The van der Waals surface area contributed by atoms with Crippen LogP contribution >= 0.6 is 22.6 Å². The third kappa shape index (κ3) is 3.45. The van der Waals surface area contributed by atoms with Gasteiger partial charge in [-0.15, -0.1) is 0 Å². The first-order valence-corrected chi connectivity index (χ1v) is 9.18. The first kappa shape index (κ1) is 15.8. The van der Waals surface area contributed by atoms with E-state index < -0.39 is 0 Å². The molecule has 114 valence electrons. The highest BCUT2D eigenvalue weighted by atomic mass is 127. The molecule has 0 unspecified atom stereocenters. The van der Waals surface area contributed by atoms with Crippen LogP contribution in [0.4, 0.5) is 0 Å². The Balaban J connectivity index is 2.06. The van der Waals surface area contributed by atoms with Crippen LogP contribution in [-0.2, 0) is 11.8 Å². The van der Waals surface area contributed by atoms with Crippen LogP contribution in [0.15, 0.2) is 54.6 Å². The SMILES string of the molecule is CC1(C)C/C=C\CCCc2ccc(-c3ccc(I)cc3)cc21. The second kappa shape index (κ2) is 6.57. The van der Waals surface area contributed by atoms with Crippen LogP contribution in [0.5, 0.6) is 0 Å². The normalized spacial score (nSPS) is 18.7. The zero-order valence-electron chi connectivity index (χ0n) is 13.4. The average molecular weight is 402 g/mol. The summed E-state index contributed by atoms with van der Waals surface area (Å²) < 4.78 is 1.29. The van der Waals surface area contributed by atoms with Gasteiger partial charge in [0, 0.05) is 3.57 Å². The predicted molar refractivity (Wildman–Crippen MR) is 104 cm³/mol. The van der Waals surface area contributed by atoms with Crippen molar-refractivity contribution in [1.82, 2.24) is 0 Å². The van der Waals surface area contributed by atoms with Gasteiger partial charge in [-0.1, -0.05) is 56.3 Å². The molecule has 0 bridgehead atoms. The average Bonchev–Trinajstić information content (AvgIpc) is 2.57. The molecule has 0 saturated carbocycles. The number of halogens is 1. The Morgan fingerprint density at radius 3 is 2.41 bits per heavy atom. The summed E-state index contributed by atoms with van der Waals surface area (Å²) in [5.41, 5.74) is 5.91. The van der Waals surface area contributed by atoms with Crippen LogP contribution in [0, 0.1) is 3.57 Å². The lowest BCUT2D eigenvalue weighted by Crippen LogP contribution is -2.18. The van der Waals surface area contributed by atoms with Crippen molar-refractivity contribution in [3.8, 4) is 11.1 Å². The van der Waals surface area contributed by atoms with E-state index in [1.54, 1.807) is 0 Å². The van der Waals surface area contributed by atoms with Gasteiger partial charge < -0.3 is 0 Å². The Morgan fingerprint density at radius 1 is 0.909 bits per heavy atom. The Labute approximate surface area is 147 Å². The standard InChI is InChI=1S/C21H23I/c1-21(2)14-6-4-3-5-7-17-8-9-18(15-20(17)21)16-10-12-19(22)13-11-16/h4,6,8-13,15H,3,5,7,14H2,1-2H3/b6-4-. The fourth-order valence-electron chi connectivity index (χ4n) is 3.26. The predicted octanol–water partition coefficient (Wildman–Crippen LogP) is 6.52. The number of allylic oxidation sites excluding steroid dienone is 2. The molecule has 2 aromatic carbocycles. The van der Waals surface area contributed by atoms with Gasteiger partial charge in [0.15, 0.2) is 0 Å². The van der Waals surface area contributed by atoms with E-state index in [2.05, 4.69) is 91.1 Å². The van der Waals surface area contributed by atoms with Crippen molar-refractivity contribution >= 4 is 22.6 Å². The first-order valence-electron chi connectivity index (χ1n) is 8.11. The molecule has 0 spiro atoms. The van der Waals surface area contributed by atoms with Gasteiger partial charge in [-0.05, 0) is 88.1 Å². The summed E-state index contributed by atoms with van der Waals surface area (Å²) in [7, 11) is 0. The molecule has 3 rings (SSSR count). The lowest BCUT2D eigenvalue weighted by atomic mass is 9.77. The summed E-state index contributed by atoms with van der Waals surface area (Å²) in [6, 6.07) is 15.9. The monoisotopic (exact) mass is 402 g/mol. The highest BCUT2D eigenvalue weighted by Gasteiger charge is 2.23. The highest BCUT2D eigenvalue weighted by molar-refractivity contribution is 14.1. The second-order valence-corrected chi connectivity index (χ2v) is 8.08. The Morgan fingerprint density at radius 2 is 1.64 bits per heavy atom. The molecule has 0 amide bonds. The van der Waals surface area contributed by atoms with E-state index in [9.17, 15) is 0 Å². The van der Waals surface area contributed by atoms with Crippen molar-refractivity contribution in [1.29, 1.82) is 0 Å². The Kier molecular flexibility index (Phi) is 4.72. The summed E-state index contributed by atoms with van der Waals surface area (Å²) in [6.45, 7) is 4.75. The van der Waals surface area contributed by atoms with Crippen molar-refractivity contribution < 1.29 is 0 Å². The molecular formula is C21H23I. The molecule has 0 nitrogen and oxygen atoms in total. The van der Waals surface area contributed by atoms with Crippen molar-refractivity contribution in [2.24, 2.45) is 0 Å². The minimum Gasteiger partial charge on any atom is -0.0885 e. The number of benzene rings is 2. The molecule has 1 aliphatic rings. The smallest absolute Gasteiger partial charge is 0.0130 e. The summed E-state index contributed by atoms with van der Waals surface area (Å²) >= 11 is 2.36. The molecule has 0 heterocycles. The second-order valence-electron chi connectivity index (χ2n) is 6.83. The fourth-order valence-corrected chi connectivity index (χ4v) is 3.62. The third-order valence-electron chi connectivity index (χ3n) is 4.63.